The van der Waals surface area contributed by atoms with Gasteiger partial charge >= 0.3 is 0 Å². The first-order valence-corrected chi connectivity index (χ1v) is 11.0. The van der Waals surface area contributed by atoms with Gasteiger partial charge in [-0.05, 0) is 37.5 Å². The van der Waals surface area contributed by atoms with Crippen molar-refractivity contribution < 1.29 is 17.9 Å². The molecule has 3 aromatic rings. The summed E-state index contributed by atoms with van der Waals surface area (Å²) in [5.41, 5.74) is 1.95. The Kier molecular flexibility index (Phi) is 5.49. The van der Waals surface area contributed by atoms with Gasteiger partial charge in [-0.25, -0.2) is 13.1 Å². The lowest BCUT2D eigenvalue weighted by Gasteiger charge is -2.14. The van der Waals surface area contributed by atoms with E-state index in [0.29, 0.717) is 29.3 Å². The van der Waals surface area contributed by atoms with Gasteiger partial charge in [0, 0.05) is 29.5 Å². The van der Waals surface area contributed by atoms with E-state index in [-0.39, 0.29) is 17.5 Å². The fourth-order valence-electron chi connectivity index (χ4n) is 3.57. The van der Waals surface area contributed by atoms with Crippen LogP contribution in [0.1, 0.15) is 18.4 Å². The first kappa shape index (κ1) is 19.8. The molecule has 2 aromatic carbocycles. The lowest BCUT2D eigenvalue weighted by molar-refractivity contribution is 0.114. The number of hydrogen-bond donors (Lipinski definition) is 1. The summed E-state index contributed by atoms with van der Waals surface area (Å²) in [6.07, 6.45) is 1.77. The molecule has 4 rings (SSSR count). The summed E-state index contributed by atoms with van der Waals surface area (Å²) in [4.78, 5) is 0.231. The molecule has 1 atom stereocenters. The SMILES string of the molecule is COc1nnc(-c2ccc(C)c(S(=O)(=O)NC[C@@H]3CCCO3)c2)c2ccccc12. The van der Waals surface area contributed by atoms with Crippen LogP contribution >= 0.6 is 0 Å². The van der Waals surface area contributed by atoms with E-state index in [2.05, 4.69) is 14.9 Å². The summed E-state index contributed by atoms with van der Waals surface area (Å²) < 4.78 is 39.4. The number of nitrogens with one attached hydrogen (secondary N) is 1. The normalized spacial score (nSPS) is 17.0. The van der Waals surface area contributed by atoms with Crippen molar-refractivity contribution in [1.82, 2.24) is 14.9 Å². The van der Waals surface area contributed by atoms with E-state index in [0.717, 1.165) is 23.6 Å². The Balaban J connectivity index is 1.73. The smallest absolute Gasteiger partial charge is 0.241 e. The second kappa shape index (κ2) is 8.06. The van der Waals surface area contributed by atoms with Crippen LogP contribution in [0.5, 0.6) is 5.88 Å². The lowest BCUT2D eigenvalue weighted by atomic mass is 10.0. The third-order valence-corrected chi connectivity index (χ3v) is 6.69. The first-order valence-electron chi connectivity index (χ1n) is 9.51. The van der Waals surface area contributed by atoms with Crippen LogP contribution in [0.25, 0.3) is 22.0 Å². The number of benzene rings is 2. The summed E-state index contributed by atoms with van der Waals surface area (Å²) in [6, 6.07) is 12.9. The Morgan fingerprint density at radius 3 is 2.69 bits per heavy atom. The average molecular weight is 413 g/mol. The molecule has 0 bridgehead atoms. The van der Waals surface area contributed by atoms with Crippen molar-refractivity contribution in [3.8, 4) is 17.1 Å². The maximum atomic E-state index is 12.9. The van der Waals surface area contributed by atoms with Gasteiger partial charge in [0.05, 0.1) is 18.1 Å². The maximum absolute atomic E-state index is 12.9. The van der Waals surface area contributed by atoms with Gasteiger partial charge in [0.1, 0.15) is 5.69 Å². The number of fused-ring (bicyclic) bond motifs is 1. The summed E-state index contributed by atoms with van der Waals surface area (Å²) in [5.74, 6) is 0.433. The number of nitrogens with zero attached hydrogens (tertiary/aromatic N) is 2. The van der Waals surface area contributed by atoms with Gasteiger partial charge in [-0.15, -0.1) is 10.2 Å². The van der Waals surface area contributed by atoms with Crippen molar-refractivity contribution in [2.45, 2.75) is 30.8 Å². The molecule has 0 radical (unpaired) electrons. The molecule has 1 aliphatic heterocycles. The monoisotopic (exact) mass is 413 g/mol. The third-order valence-electron chi connectivity index (χ3n) is 5.12. The van der Waals surface area contributed by atoms with Crippen LogP contribution in [0.15, 0.2) is 47.4 Å². The van der Waals surface area contributed by atoms with Crippen molar-refractivity contribution in [1.29, 1.82) is 0 Å². The van der Waals surface area contributed by atoms with Crippen molar-refractivity contribution in [3.05, 3.63) is 48.0 Å². The lowest BCUT2D eigenvalue weighted by Crippen LogP contribution is -2.32. The molecule has 29 heavy (non-hydrogen) atoms. The average Bonchev–Trinajstić information content (AvgIpc) is 3.26. The Morgan fingerprint density at radius 2 is 1.97 bits per heavy atom. The van der Waals surface area contributed by atoms with Gasteiger partial charge in [0.15, 0.2) is 0 Å². The van der Waals surface area contributed by atoms with Crippen LogP contribution in [0.2, 0.25) is 0 Å². The molecular weight excluding hydrogens is 390 g/mol. The van der Waals surface area contributed by atoms with E-state index in [1.165, 1.54) is 0 Å². The minimum Gasteiger partial charge on any atom is -0.479 e. The molecule has 1 N–H and O–H groups in total. The fraction of sp³-hybridized carbons (Fsp3) is 0.333. The molecule has 7 nitrogen and oxygen atoms in total. The minimum atomic E-state index is -3.68. The van der Waals surface area contributed by atoms with E-state index >= 15 is 0 Å². The highest BCUT2D eigenvalue weighted by Gasteiger charge is 2.22. The predicted octanol–water partition coefficient (Wildman–Crippen LogP) is 3.07. The van der Waals surface area contributed by atoms with Gasteiger partial charge in [0.2, 0.25) is 15.9 Å². The van der Waals surface area contributed by atoms with E-state index in [1.54, 1.807) is 26.2 Å². The zero-order valence-corrected chi connectivity index (χ0v) is 17.2. The predicted molar refractivity (Wildman–Crippen MR) is 110 cm³/mol. The first-order chi connectivity index (χ1) is 14.0. The van der Waals surface area contributed by atoms with E-state index in [4.69, 9.17) is 9.47 Å². The Hall–Kier alpha value is -2.55. The molecule has 2 heterocycles. The Labute approximate surface area is 170 Å². The fourth-order valence-corrected chi connectivity index (χ4v) is 4.90. The highest BCUT2D eigenvalue weighted by molar-refractivity contribution is 7.89. The second-order valence-corrected chi connectivity index (χ2v) is 8.81. The summed E-state index contributed by atoms with van der Waals surface area (Å²) in [5, 5.41) is 10.1. The highest BCUT2D eigenvalue weighted by atomic mass is 32.2. The third kappa shape index (κ3) is 3.96. The standard InChI is InChI=1S/C21H23N3O4S/c1-14-9-10-15(12-19(14)29(25,26)22-13-16-6-5-11-28-16)20-17-7-3-4-8-18(17)21(27-2)24-23-20/h3-4,7-10,12,16,22H,5-6,11,13H2,1-2H3/t16-/m0/s1. The van der Waals surface area contributed by atoms with Crippen molar-refractivity contribution in [2.75, 3.05) is 20.3 Å². The molecule has 0 saturated carbocycles. The maximum Gasteiger partial charge on any atom is 0.241 e. The molecule has 0 unspecified atom stereocenters. The number of aromatic nitrogens is 2. The number of methoxy groups -OCH3 is 1. The molecule has 1 fully saturated rings. The zero-order valence-electron chi connectivity index (χ0n) is 16.4. The molecule has 1 saturated heterocycles. The Morgan fingerprint density at radius 1 is 1.17 bits per heavy atom. The molecule has 1 aromatic heterocycles. The summed E-state index contributed by atoms with van der Waals surface area (Å²) >= 11 is 0. The topological polar surface area (TPSA) is 90.4 Å². The van der Waals surface area contributed by atoms with Gasteiger partial charge in [-0.2, -0.15) is 0 Å². The van der Waals surface area contributed by atoms with E-state index < -0.39 is 10.0 Å². The number of aryl methyl sites for hydroxylation is 1. The summed E-state index contributed by atoms with van der Waals surface area (Å²) in [6.45, 7) is 2.74. The highest BCUT2D eigenvalue weighted by Crippen LogP contribution is 2.32. The number of sulfonamides is 1. The number of ether oxygens (including phenoxy) is 2. The van der Waals surface area contributed by atoms with Crippen LogP contribution in [0.4, 0.5) is 0 Å². The van der Waals surface area contributed by atoms with Crippen LogP contribution in [0.3, 0.4) is 0 Å². The van der Waals surface area contributed by atoms with E-state index in [1.807, 2.05) is 30.3 Å². The van der Waals surface area contributed by atoms with Crippen LogP contribution in [0, 0.1) is 6.92 Å². The van der Waals surface area contributed by atoms with Crippen LogP contribution in [-0.4, -0.2) is 45.0 Å². The molecule has 1 aliphatic rings. The molecule has 8 heteroatoms. The Bertz CT molecular complexity index is 1140. The van der Waals surface area contributed by atoms with Crippen LogP contribution in [-0.2, 0) is 14.8 Å². The molecule has 152 valence electrons. The summed E-state index contributed by atoms with van der Waals surface area (Å²) in [7, 11) is -2.13. The van der Waals surface area contributed by atoms with Crippen molar-refractivity contribution in [2.24, 2.45) is 0 Å². The van der Waals surface area contributed by atoms with Gasteiger partial charge in [-0.3, -0.25) is 0 Å². The largest absolute Gasteiger partial charge is 0.479 e. The molecule has 0 aliphatic carbocycles. The van der Waals surface area contributed by atoms with Gasteiger partial charge in [-0.1, -0.05) is 30.3 Å². The van der Waals surface area contributed by atoms with Gasteiger partial charge < -0.3 is 9.47 Å². The molecular formula is C21H23N3O4S. The second-order valence-electron chi connectivity index (χ2n) is 7.07. The zero-order chi connectivity index (χ0) is 20.4. The van der Waals surface area contributed by atoms with E-state index in [9.17, 15) is 8.42 Å². The number of hydrogen-bond acceptors (Lipinski definition) is 6. The van der Waals surface area contributed by atoms with Gasteiger partial charge in [0.25, 0.3) is 0 Å². The number of rotatable bonds is 6. The quantitative estimate of drug-likeness (QED) is 0.668. The van der Waals surface area contributed by atoms with Crippen LogP contribution < -0.4 is 9.46 Å². The molecule has 0 amide bonds. The minimum absolute atomic E-state index is 0.0651. The van der Waals surface area contributed by atoms with Crippen molar-refractivity contribution >= 4 is 20.8 Å². The van der Waals surface area contributed by atoms with Crippen molar-refractivity contribution in [3.63, 3.8) is 0 Å². The molecule has 0 spiro atoms.